The van der Waals surface area contributed by atoms with E-state index in [1.807, 2.05) is 36.4 Å². The quantitative estimate of drug-likeness (QED) is 0.941. The third kappa shape index (κ3) is 3.91. The highest BCUT2D eigenvalue weighted by molar-refractivity contribution is 6.30. The van der Waals surface area contributed by atoms with Gasteiger partial charge in [0.2, 0.25) is 0 Å². The molecule has 2 aromatic rings. The first-order valence-corrected chi connectivity index (χ1v) is 6.40. The molecule has 0 aliphatic carbocycles. The molecule has 0 radical (unpaired) electrons. The first-order valence-electron chi connectivity index (χ1n) is 6.02. The number of aromatic nitrogens is 2. The van der Waals surface area contributed by atoms with Crippen LogP contribution < -0.4 is 5.32 Å². The zero-order valence-corrected chi connectivity index (χ0v) is 11.9. The van der Waals surface area contributed by atoms with Gasteiger partial charge in [-0.2, -0.15) is 5.26 Å². The molecule has 6 nitrogen and oxygen atoms in total. The van der Waals surface area contributed by atoms with Gasteiger partial charge in [-0.1, -0.05) is 41.9 Å². The number of hydrogen-bond donors (Lipinski definition) is 1. The zero-order valence-electron chi connectivity index (χ0n) is 11.1. The average Bonchev–Trinajstić information content (AvgIpc) is 2.49. The Bertz CT molecular complexity index is 698. The fourth-order valence-electron chi connectivity index (χ4n) is 1.52. The van der Waals surface area contributed by atoms with Crippen LogP contribution in [0.25, 0.3) is 0 Å². The van der Waals surface area contributed by atoms with Crippen molar-refractivity contribution >= 4 is 23.5 Å². The Balaban J connectivity index is 2.03. The summed E-state index contributed by atoms with van der Waals surface area (Å²) in [5.74, 6) is -0.0221. The lowest BCUT2D eigenvalue weighted by Gasteiger charge is -2.08. The summed E-state index contributed by atoms with van der Waals surface area (Å²) < 4.78 is 5.03. The summed E-state index contributed by atoms with van der Waals surface area (Å²) in [6, 6.07) is 11.1. The predicted molar refractivity (Wildman–Crippen MR) is 76.7 cm³/mol. The lowest BCUT2D eigenvalue weighted by atomic mass is 10.2. The van der Waals surface area contributed by atoms with E-state index in [0.717, 1.165) is 5.56 Å². The summed E-state index contributed by atoms with van der Waals surface area (Å²) in [4.78, 5) is 19.5. The summed E-state index contributed by atoms with van der Waals surface area (Å²) in [5.41, 5.74) is 1.24. The molecule has 0 aliphatic heterocycles. The monoisotopic (exact) mass is 302 g/mol. The molecular weight excluding hydrogens is 292 g/mol. The Morgan fingerprint density at radius 3 is 2.76 bits per heavy atom. The second-order valence-electron chi connectivity index (χ2n) is 4.10. The SMILES string of the molecule is Cc1nc(C#N)c(NC(=O)OCc2ccccc2)nc1Cl. The van der Waals surface area contributed by atoms with Crippen LogP contribution >= 0.6 is 11.6 Å². The lowest BCUT2D eigenvalue weighted by molar-refractivity contribution is 0.155. The van der Waals surface area contributed by atoms with Crippen LogP contribution in [0.2, 0.25) is 5.15 Å². The van der Waals surface area contributed by atoms with Gasteiger partial charge in [0.25, 0.3) is 0 Å². The Kier molecular flexibility index (Phi) is 4.69. The van der Waals surface area contributed by atoms with Gasteiger partial charge in [0.05, 0.1) is 5.69 Å². The number of amides is 1. The predicted octanol–water partition coefficient (Wildman–Crippen LogP) is 3.06. The number of aryl methyl sites for hydroxylation is 1. The molecule has 1 N–H and O–H groups in total. The van der Waals surface area contributed by atoms with E-state index >= 15 is 0 Å². The fraction of sp³-hybridized carbons (Fsp3) is 0.143. The van der Waals surface area contributed by atoms with E-state index in [2.05, 4.69) is 15.3 Å². The number of rotatable bonds is 3. The van der Waals surface area contributed by atoms with Crippen molar-refractivity contribution in [3.8, 4) is 6.07 Å². The van der Waals surface area contributed by atoms with Crippen molar-refractivity contribution in [1.82, 2.24) is 9.97 Å². The average molecular weight is 303 g/mol. The smallest absolute Gasteiger partial charge is 0.413 e. The molecule has 0 saturated carbocycles. The molecule has 0 unspecified atom stereocenters. The van der Waals surface area contributed by atoms with Crippen LogP contribution in [0.4, 0.5) is 10.6 Å². The molecule has 0 spiro atoms. The molecule has 2 rings (SSSR count). The van der Waals surface area contributed by atoms with E-state index in [4.69, 9.17) is 21.6 Å². The maximum atomic E-state index is 11.7. The maximum Gasteiger partial charge on any atom is 0.413 e. The summed E-state index contributed by atoms with van der Waals surface area (Å²) in [7, 11) is 0. The van der Waals surface area contributed by atoms with Crippen molar-refractivity contribution in [1.29, 1.82) is 5.26 Å². The van der Waals surface area contributed by atoms with Crippen LogP contribution in [-0.2, 0) is 11.3 Å². The van der Waals surface area contributed by atoms with Crippen LogP contribution in [0.1, 0.15) is 17.0 Å². The molecule has 0 bridgehead atoms. The highest BCUT2D eigenvalue weighted by atomic mass is 35.5. The molecule has 106 valence electrons. The lowest BCUT2D eigenvalue weighted by Crippen LogP contribution is -2.16. The van der Waals surface area contributed by atoms with Gasteiger partial charge in [-0.15, -0.1) is 0 Å². The number of nitrogens with one attached hydrogen (secondary N) is 1. The highest BCUT2D eigenvalue weighted by Gasteiger charge is 2.13. The van der Waals surface area contributed by atoms with Crippen LogP contribution in [0.5, 0.6) is 0 Å². The number of anilines is 1. The van der Waals surface area contributed by atoms with Crippen molar-refractivity contribution in [2.24, 2.45) is 0 Å². The molecule has 7 heteroatoms. The summed E-state index contributed by atoms with van der Waals surface area (Å²) >= 11 is 5.82. The van der Waals surface area contributed by atoms with E-state index in [0.29, 0.717) is 5.69 Å². The van der Waals surface area contributed by atoms with Crippen LogP contribution in [0.15, 0.2) is 30.3 Å². The van der Waals surface area contributed by atoms with Crippen molar-refractivity contribution in [3.05, 3.63) is 52.4 Å². The number of hydrogen-bond acceptors (Lipinski definition) is 5. The minimum Gasteiger partial charge on any atom is -0.444 e. The van der Waals surface area contributed by atoms with Gasteiger partial charge in [-0.05, 0) is 12.5 Å². The minimum atomic E-state index is -0.732. The van der Waals surface area contributed by atoms with Gasteiger partial charge in [-0.3, -0.25) is 5.32 Å². The van der Waals surface area contributed by atoms with Gasteiger partial charge >= 0.3 is 6.09 Å². The Morgan fingerprint density at radius 1 is 1.38 bits per heavy atom. The van der Waals surface area contributed by atoms with Crippen LogP contribution in [0, 0.1) is 18.3 Å². The second kappa shape index (κ2) is 6.68. The van der Waals surface area contributed by atoms with Gasteiger partial charge in [0, 0.05) is 0 Å². The number of ether oxygens (including phenoxy) is 1. The normalized spacial score (nSPS) is 9.76. The fourth-order valence-corrected chi connectivity index (χ4v) is 1.65. The molecular formula is C14H11ClN4O2. The third-order valence-corrected chi connectivity index (χ3v) is 2.91. The van der Waals surface area contributed by atoms with Gasteiger partial charge in [0.15, 0.2) is 16.7 Å². The van der Waals surface area contributed by atoms with Gasteiger partial charge < -0.3 is 4.74 Å². The van der Waals surface area contributed by atoms with Crippen LogP contribution in [-0.4, -0.2) is 16.1 Å². The number of benzene rings is 1. The number of nitriles is 1. The topological polar surface area (TPSA) is 87.9 Å². The molecule has 1 heterocycles. The number of carbonyl (C=O) groups excluding carboxylic acids is 1. The first kappa shape index (κ1) is 14.8. The first-order chi connectivity index (χ1) is 10.1. The number of carbonyl (C=O) groups is 1. The molecule has 1 amide bonds. The second-order valence-corrected chi connectivity index (χ2v) is 4.45. The molecule has 1 aromatic carbocycles. The molecule has 0 aliphatic rings. The molecule has 0 atom stereocenters. The van der Waals surface area contributed by atoms with E-state index in [-0.39, 0.29) is 23.3 Å². The Morgan fingerprint density at radius 2 is 2.10 bits per heavy atom. The number of halogens is 1. The van der Waals surface area contributed by atoms with Crippen LogP contribution in [0.3, 0.4) is 0 Å². The van der Waals surface area contributed by atoms with Gasteiger partial charge in [-0.25, -0.2) is 14.8 Å². The maximum absolute atomic E-state index is 11.7. The van der Waals surface area contributed by atoms with Crippen molar-refractivity contribution in [2.45, 2.75) is 13.5 Å². The molecule has 1 aromatic heterocycles. The van der Waals surface area contributed by atoms with E-state index in [1.54, 1.807) is 6.92 Å². The molecule has 21 heavy (non-hydrogen) atoms. The third-order valence-electron chi connectivity index (χ3n) is 2.55. The van der Waals surface area contributed by atoms with Crippen molar-refractivity contribution in [3.63, 3.8) is 0 Å². The van der Waals surface area contributed by atoms with E-state index < -0.39 is 6.09 Å². The Labute approximate surface area is 126 Å². The summed E-state index contributed by atoms with van der Waals surface area (Å²) in [6.45, 7) is 1.73. The van der Waals surface area contributed by atoms with Crippen molar-refractivity contribution in [2.75, 3.05) is 5.32 Å². The summed E-state index contributed by atoms with van der Waals surface area (Å²) in [5, 5.41) is 11.4. The Hall–Kier alpha value is -2.65. The number of nitrogens with zero attached hydrogens (tertiary/aromatic N) is 3. The summed E-state index contributed by atoms with van der Waals surface area (Å²) in [6.07, 6.45) is -0.732. The molecule has 0 saturated heterocycles. The van der Waals surface area contributed by atoms with Gasteiger partial charge in [0.1, 0.15) is 12.7 Å². The standard InChI is InChI=1S/C14H11ClN4O2/c1-9-12(15)18-13(11(7-16)17-9)19-14(20)21-8-10-5-3-2-4-6-10/h2-6H,8H2,1H3,(H,18,19,20). The highest BCUT2D eigenvalue weighted by Crippen LogP contribution is 2.17. The van der Waals surface area contributed by atoms with Crippen molar-refractivity contribution < 1.29 is 9.53 Å². The zero-order chi connectivity index (χ0) is 15.2. The van der Waals surface area contributed by atoms with E-state index in [1.165, 1.54) is 0 Å². The molecule has 0 fully saturated rings. The van der Waals surface area contributed by atoms with E-state index in [9.17, 15) is 4.79 Å². The largest absolute Gasteiger partial charge is 0.444 e. The minimum absolute atomic E-state index is 0.0199.